The molecular formula is C20H21N3O. The van der Waals surface area contributed by atoms with Crippen molar-refractivity contribution in [2.24, 2.45) is 0 Å². The van der Waals surface area contributed by atoms with Gasteiger partial charge in [0.2, 0.25) is 0 Å². The van der Waals surface area contributed by atoms with E-state index < -0.39 is 0 Å². The van der Waals surface area contributed by atoms with E-state index in [9.17, 15) is 4.79 Å². The van der Waals surface area contributed by atoms with Crippen LogP contribution in [0, 0.1) is 11.3 Å². The summed E-state index contributed by atoms with van der Waals surface area (Å²) in [6, 6.07) is 19.3. The van der Waals surface area contributed by atoms with E-state index in [0.29, 0.717) is 17.7 Å². The summed E-state index contributed by atoms with van der Waals surface area (Å²) in [5.41, 5.74) is 2.38. The lowest BCUT2D eigenvalue weighted by molar-refractivity contribution is 0.0938. The first-order valence-electron chi connectivity index (χ1n) is 8.35. The van der Waals surface area contributed by atoms with Crippen molar-refractivity contribution in [1.82, 2.24) is 10.2 Å². The molecule has 24 heavy (non-hydrogen) atoms. The molecule has 0 radical (unpaired) electrons. The summed E-state index contributed by atoms with van der Waals surface area (Å²) in [5.74, 6) is -0.0976. The highest BCUT2D eigenvalue weighted by atomic mass is 16.1. The Labute approximate surface area is 142 Å². The van der Waals surface area contributed by atoms with E-state index in [0.717, 1.165) is 13.1 Å². The molecule has 1 heterocycles. The van der Waals surface area contributed by atoms with Gasteiger partial charge in [0.25, 0.3) is 5.91 Å². The van der Waals surface area contributed by atoms with Crippen molar-refractivity contribution in [3.63, 3.8) is 0 Å². The minimum absolute atomic E-state index is 0.0976. The van der Waals surface area contributed by atoms with Gasteiger partial charge in [-0.25, -0.2) is 0 Å². The number of carbonyl (C=O) groups excluding carboxylic acids is 1. The van der Waals surface area contributed by atoms with Crippen molar-refractivity contribution < 1.29 is 4.79 Å². The molecule has 2 aromatic rings. The lowest BCUT2D eigenvalue weighted by atomic mass is 10.1. The molecule has 1 amide bonds. The van der Waals surface area contributed by atoms with Crippen LogP contribution in [0.3, 0.4) is 0 Å². The van der Waals surface area contributed by atoms with Crippen LogP contribution in [0.5, 0.6) is 0 Å². The molecule has 1 fully saturated rings. The summed E-state index contributed by atoms with van der Waals surface area (Å²) in [6.07, 6.45) is 2.43. The Morgan fingerprint density at radius 2 is 1.75 bits per heavy atom. The second-order valence-corrected chi connectivity index (χ2v) is 6.07. The normalized spacial score (nSPS) is 15.6. The molecule has 1 N–H and O–H groups in total. The smallest absolute Gasteiger partial charge is 0.251 e. The van der Waals surface area contributed by atoms with Crippen molar-refractivity contribution in [1.29, 1.82) is 5.26 Å². The molecule has 1 atom stereocenters. The first-order chi connectivity index (χ1) is 11.8. The minimum atomic E-state index is -0.0976. The third-order valence-corrected chi connectivity index (χ3v) is 4.50. The molecular weight excluding hydrogens is 298 g/mol. The minimum Gasteiger partial charge on any atom is -0.350 e. The molecule has 4 nitrogen and oxygen atoms in total. The van der Waals surface area contributed by atoms with Gasteiger partial charge in [-0.05, 0) is 55.8 Å². The van der Waals surface area contributed by atoms with Crippen LogP contribution < -0.4 is 5.32 Å². The second kappa shape index (κ2) is 7.76. The number of nitrogens with zero attached hydrogens (tertiary/aromatic N) is 2. The molecule has 122 valence electrons. The zero-order valence-corrected chi connectivity index (χ0v) is 13.6. The molecule has 0 bridgehead atoms. The monoisotopic (exact) mass is 319 g/mol. The van der Waals surface area contributed by atoms with E-state index in [1.165, 1.54) is 18.4 Å². The van der Waals surface area contributed by atoms with Gasteiger partial charge in [0.05, 0.1) is 17.7 Å². The van der Waals surface area contributed by atoms with Gasteiger partial charge in [-0.2, -0.15) is 5.26 Å². The van der Waals surface area contributed by atoms with E-state index in [4.69, 9.17) is 5.26 Å². The Morgan fingerprint density at radius 1 is 1.08 bits per heavy atom. The molecule has 1 aliphatic heterocycles. The van der Waals surface area contributed by atoms with Crippen molar-refractivity contribution in [2.75, 3.05) is 19.6 Å². The predicted octanol–water partition coefficient (Wildman–Crippen LogP) is 3.13. The standard InChI is InChI=1S/C20H21N3O/c21-14-16-8-10-18(11-9-16)20(24)22-15-19(23-12-4-5-13-23)17-6-2-1-3-7-17/h1-3,6-11,19H,4-5,12-13,15H2,(H,22,24). The van der Waals surface area contributed by atoms with Crippen LogP contribution >= 0.6 is 0 Å². The molecule has 1 saturated heterocycles. The third kappa shape index (κ3) is 3.81. The first-order valence-corrected chi connectivity index (χ1v) is 8.35. The fraction of sp³-hybridized carbons (Fsp3) is 0.300. The summed E-state index contributed by atoms with van der Waals surface area (Å²) in [4.78, 5) is 14.8. The predicted molar refractivity (Wildman–Crippen MR) is 93.5 cm³/mol. The SMILES string of the molecule is N#Cc1ccc(C(=O)NCC(c2ccccc2)N2CCCC2)cc1. The fourth-order valence-electron chi connectivity index (χ4n) is 3.17. The molecule has 1 unspecified atom stereocenters. The highest BCUT2D eigenvalue weighted by molar-refractivity contribution is 5.94. The summed E-state index contributed by atoms with van der Waals surface area (Å²) >= 11 is 0. The number of hydrogen-bond donors (Lipinski definition) is 1. The first kappa shape index (κ1) is 16.2. The molecule has 1 aliphatic rings. The maximum Gasteiger partial charge on any atom is 0.251 e. The second-order valence-electron chi connectivity index (χ2n) is 6.07. The number of nitrogens with one attached hydrogen (secondary N) is 1. The number of benzene rings is 2. The van der Waals surface area contributed by atoms with Crippen LogP contribution in [0.1, 0.15) is 40.4 Å². The number of amides is 1. The molecule has 2 aromatic carbocycles. The topological polar surface area (TPSA) is 56.1 Å². The zero-order valence-electron chi connectivity index (χ0n) is 13.6. The number of nitriles is 1. The average molecular weight is 319 g/mol. The van der Waals surface area contributed by atoms with E-state index in [1.54, 1.807) is 24.3 Å². The maximum absolute atomic E-state index is 12.4. The zero-order chi connectivity index (χ0) is 16.8. The van der Waals surface area contributed by atoms with Crippen molar-refractivity contribution in [2.45, 2.75) is 18.9 Å². The van der Waals surface area contributed by atoms with Crippen molar-refractivity contribution in [3.8, 4) is 6.07 Å². The van der Waals surface area contributed by atoms with Crippen LogP contribution in [0.15, 0.2) is 54.6 Å². The van der Waals surface area contributed by atoms with E-state index in [1.807, 2.05) is 18.2 Å². The van der Waals surface area contributed by atoms with Gasteiger partial charge < -0.3 is 5.32 Å². The Kier molecular flexibility index (Phi) is 5.25. The van der Waals surface area contributed by atoms with Crippen LogP contribution in [-0.4, -0.2) is 30.4 Å². The lowest BCUT2D eigenvalue weighted by Gasteiger charge is -2.28. The molecule has 0 aliphatic carbocycles. The number of likely N-dealkylation sites (tertiary alicyclic amines) is 1. The van der Waals surface area contributed by atoms with Crippen molar-refractivity contribution in [3.05, 3.63) is 71.3 Å². The van der Waals surface area contributed by atoms with Gasteiger partial charge in [-0.1, -0.05) is 30.3 Å². The Balaban J connectivity index is 1.68. The number of rotatable bonds is 5. The average Bonchev–Trinajstić information content (AvgIpc) is 3.17. The molecule has 0 saturated carbocycles. The highest BCUT2D eigenvalue weighted by Gasteiger charge is 2.23. The Bertz CT molecular complexity index is 713. The number of carbonyl (C=O) groups is 1. The van der Waals surface area contributed by atoms with Crippen LogP contribution in [0.2, 0.25) is 0 Å². The van der Waals surface area contributed by atoms with Gasteiger partial charge in [-0.15, -0.1) is 0 Å². The molecule has 4 heteroatoms. The van der Waals surface area contributed by atoms with Gasteiger partial charge in [0.1, 0.15) is 0 Å². The van der Waals surface area contributed by atoms with Gasteiger partial charge in [0, 0.05) is 12.1 Å². The van der Waals surface area contributed by atoms with Gasteiger partial charge >= 0.3 is 0 Å². The quantitative estimate of drug-likeness (QED) is 0.921. The summed E-state index contributed by atoms with van der Waals surface area (Å²) in [7, 11) is 0. The summed E-state index contributed by atoms with van der Waals surface area (Å²) in [5, 5.41) is 11.9. The molecule has 0 aromatic heterocycles. The van der Waals surface area contributed by atoms with Gasteiger partial charge in [0.15, 0.2) is 0 Å². The fourth-order valence-corrected chi connectivity index (χ4v) is 3.17. The summed E-state index contributed by atoms with van der Waals surface area (Å²) < 4.78 is 0. The summed E-state index contributed by atoms with van der Waals surface area (Å²) in [6.45, 7) is 2.74. The van der Waals surface area contributed by atoms with Crippen LogP contribution in [0.25, 0.3) is 0 Å². The third-order valence-electron chi connectivity index (χ3n) is 4.50. The van der Waals surface area contributed by atoms with Crippen molar-refractivity contribution >= 4 is 5.91 Å². The van der Waals surface area contributed by atoms with E-state index in [2.05, 4.69) is 28.4 Å². The van der Waals surface area contributed by atoms with Gasteiger partial charge in [-0.3, -0.25) is 9.69 Å². The Morgan fingerprint density at radius 3 is 2.38 bits per heavy atom. The highest BCUT2D eigenvalue weighted by Crippen LogP contribution is 2.24. The number of hydrogen-bond acceptors (Lipinski definition) is 3. The van der Waals surface area contributed by atoms with Crippen LogP contribution in [0.4, 0.5) is 0 Å². The Hall–Kier alpha value is -2.64. The van der Waals surface area contributed by atoms with E-state index in [-0.39, 0.29) is 11.9 Å². The van der Waals surface area contributed by atoms with E-state index >= 15 is 0 Å². The molecule has 3 rings (SSSR count). The lowest BCUT2D eigenvalue weighted by Crippen LogP contribution is -2.36. The van der Waals surface area contributed by atoms with Crippen LogP contribution in [-0.2, 0) is 0 Å². The molecule has 0 spiro atoms. The maximum atomic E-state index is 12.4. The largest absolute Gasteiger partial charge is 0.350 e.